The van der Waals surface area contributed by atoms with Crippen LogP contribution in [0.4, 0.5) is 0 Å². The van der Waals surface area contributed by atoms with Gasteiger partial charge in [-0.2, -0.15) is 0 Å². The van der Waals surface area contributed by atoms with Gasteiger partial charge in [-0.05, 0) is 24.6 Å². The summed E-state index contributed by atoms with van der Waals surface area (Å²) in [6.07, 6.45) is 8.33. The van der Waals surface area contributed by atoms with Crippen molar-refractivity contribution in [2.24, 2.45) is 0 Å². The van der Waals surface area contributed by atoms with Crippen LogP contribution in [0, 0.1) is 12.3 Å². The standard InChI is InChI=1S/C15H17NO2/c1-3-12-5-6-15-14(9-12)13(11-17)10-16(15)7-4-8-18-2/h1,5-6,9-10,17H,4,7-8,11H2,2H3. The van der Waals surface area contributed by atoms with Crippen LogP contribution in [-0.4, -0.2) is 23.4 Å². The Labute approximate surface area is 107 Å². The summed E-state index contributed by atoms with van der Waals surface area (Å²) in [6, 6.07) is 5.89. The van der Waals surface area contributed by atoms with Crippen LogP contribution in [0.5, 0.6) is 0 Å². The Hall–Kier alpha value is -1.76. The van der Waals surface area contributed by atoms with E-state index in [1.165, 1.54) is 0 Å². The van der Waals surface area contributed by atoms with Gasteiger partial charge in [-0.1, -0.05) is 5.92 Å². The topological polar surface area (TPSA) is 34.4 Å². The fourth-order valence-electron chi connectivity index (χ4n) is 2.15. The van der Waals surface area contributed by atoms with E-state index in [2.05, 4.69) is 10.5 Å². The molecule has 18 heavy (non-hydrogen) atoms. The third-order valence-corrected chi connectivity index (χ3v) is 3.05. The minimum absolute atomic E-state index is 0.0296. The lowest BCUT2D eigenvalue weighted by molar-refractivity contribution is 0.190. The van der Waals surface area contributed by atoms with Gasteiger partial charge in [-0.3, -0.25) is 0 Å². The normalized spacial score (nSPS) is 10.7. The van der Waals surface area contributed by atoms with Crippen LogP contribution in [0.15, 0.2) is 24.4 Å². The molecule has 0 bridgehead atoms. The molecule has 0 aliphatic carbocycles. The number of hydrogen-bond acceptors (Lipinski definition) is 2. The highest BCUT2D eigenvalue weighted by atomic mass is 16.5. The lowest BCUT2D eigenvalue weighted by atomic mass is 10.1. The van der Waals surface area contributed by atoms with Crippen LogP contribution in [0.2, 0.25) is 0 Å². The lowest BCUT2D eigenvalue weighted by Gasteiger charge is -2.04. The summed E-state index contributed by atoms with van der Waals surface area (Å²) < 4.78 is 7.20. The van der Waals surface area contributed by atoms with E-state index in [-0.39, 0.29) is 6.61 Å². The minimum Gasteiger partial charge on any atom is -0.392 e. The lowest BCUT2D eigenvalue weighted by Crippen LogP contribution is -1.99. The number of benzene rings is 1. The van der Waals surface area contributed by atoms with Gasteiger partial charge in [0.25, 0.3) is 0 Å². The molecule has 1 aromatic carbocycles. The van der Waals surface area contributed by atoms with Crippen LogP contribution in [0.25, 0.3) is 10.9 Å². The van der Waals surface area contributed by atoms with Gasteiger partial charge in [0, 0.05) is 48.5 Å². The van der Waals surface area contributed by atoms with Gasteiger partial charge in [0.05, 0.1) is 6.61 Å². The zero-order valence-corrected chi connectivity index (χ0v) is 10.5. The number of methoxy groups -OCH3 is 1. The number of hydrogen-bond donors (Lipinski definition) is 1. The van der Waals surface area contributed by atoms with Gasteiger partial charge in [0.2, 0.25) is 0 Å². The summed E-state index contributed by atoms with van der Waals surface area (Å²) >= 11 is 0. The summed E-state index contributed by atoms with van der Waals surface area (Å²) in [5.74, 6) is 2.62. The molecule has 3 heteroatoms. The highest BCUT2D eigenvalue weighted by Gasteiger charge is 2.08. The van der Waals surface area contributed by atoms with Gasteiger partial charge < -0.3 is 14.4 Å². The Morgan fingerprint density at radius 3 is 2.94 bits per heavy atom. The molecule has 0 aliphatic heterocycles. The molecule has 0 amide bonds. The van der Waals surface area contributed by atoms with Crippen molar-refractivity contribution in [3.05, 3.63) is 35.5 Å². The minimum atomic E-state index is 0.0296. The predicted molar refractivity (Wildman–Crippen MR) is 72.3 cm³/mol. The van der Waals surface area contributed by atoms with Crippen molar-refractivity contribution in [1.82, 2.24) is 4.57 Å². The second-order valence-electron chi connectivity index (χ2n) is 4.23. The molecule has 0 fully saturated rings. The van der Waals surface area contributed by atoms with Crippen LogP contribution >= 0.6 is 0 Å². The maximum atomic E-state index is 9.39. The summed E-state index contributed by atoms with van der Waals surface area (Å²) in [6.45, 7) is 1.64. The predicted octanol–water partition coefficient (Wildman–Crippen LogP) is 2.15. The van der Waals surface area contributed by atoms with Crippen LogP contribution in [0.1, 0.15) is 17.5 Å². The number of ether oxygens (including phenoxy) is 1. The van der Waals surface area contributed by atoms with Crippen molar-refractivity contribution < 1.29 is 9.84 Å². The molecule has 0 spiro atoms. The first-order valence-electron chi connectivity index (χ1n) is 5.98. The zero-order valence-electron chi connectivity index (χ0n) is 10.5. The second kappa shape index (κ2) is 5.72. The fourth-order valence-corrected chi connectivity index (χ4v) is 2.15. The zero-order chi connectivity index (χ0) is 13.0. The molecule has 1 aromatic heterocycles. The second-order valence-corrected chi connectivity index (χ2v) is 4.23. The van der Waals surface area contributed by atoms with Gasteiger partial charge in [-0.15, -0.1) is 6.42 Å². The molecule has 0 saturated carbocycles. The van der Waals surface area contributed by atoms with E-state index in [9.17, 15) is 5.11 Å². The van der Waals surface area contributed by atoms with E-state index in [1.54, 1.807) is 7.11 Å². The van der Waals surface area contributed by atoms with E-state index >= 15 is 0 Å². The molecule has 1 N–H and O–H groups in total. The largest absolute Gasteiger partial charge is 0.392 e. The van der Waals surface area contributed by atoms with Crippen molar-refractivity contribution in [3.63, 3.8) is 0 Å². The van der Waals surface area contributed by atoms with E-state index in [1.807, 2.05) is 24.4 Å². The maximum Gasteiger partial charge on any atom is 0.0702 e. The molecule has 0 saturated heterocycles. The van der Waals surface area contributed by atoms with E-state index in [4.69, 9.17) is 11.2 Å². The molecule has 2 rings (SSSR count). The Kier molecular flexibility index (Phi) is 4.03. The van der Waals surface area contributed by atoms with Crippen molar-refractivity contribution in [2.75, 3.05) is 13.7 Å². The summed E-state index contributed by atoms with van der Waals surface area (Å²) in [4.78, 5) is 0. The van der Waals surface area contributed by atoms with Gasteiger partial charge in [0.1, 0.15) is 0 Å². The molecule has 0 unspecified atom stereocenters. The first-order chi connectivity index (χ1) is 8.80. The Bertz CT molecular complexity index is 578. The highest BCUT2D eigenvalue weighted by Crippen LogP contribution is 2.23. The number of aliphatic hydroxyl groups excluding tert-OH is 1. The van der Waals surface area contributed by atoms with Gasteiger partial charge >= 0.3 is 0 Å². The van der Waals surface area contributed by atoms with Crippen LogP contribution in [-0.2, 0) is 17.9 Å². The van der Waals surface area contributed by atoms with Gasteiger partial charge in [0.15, 0.2) is 0 Å². The molecule has 0 aliphatic rings. The number of fused-ring (bicyclic) bond motifs is 1. The van der Waals surface area contributed by atoms with Crippen LogP contribution in [0.3, 0.4) is 0 Å². The highest BCUT2D eigenvalue weighted by molar-refractivity contribution is 5.85. The van der Waals surface area contributed by atoms with E-state index in [0.717, 1.165) is 41.6 Å². The van der Waals surface area contributed by atoms with Crippen molar-refractivity contribution in [2.45, 2.75) is 19.6 Å². The monoisotopic (exact) mass is 243 g/mol. The molecular formula is C15H17NO2. The Morgan fingerprint density at radius 1 is 1.44 bits per heavy atom. The number of rotatable bonds is 5. The molecule has 0 atom stereocenters. The Balaban J connectivity index is 2.40. The number of aromatic nitrogens is 1. The molecule has 0 radical (unpaired) electrons. The average molecular weight is 243 g/mol. The van der Waals surface area contributed by atoms with E-state index < -0.39 is 0 Å². The van der Waals surface area contributed by atoms with E-state index in [0.29, 0.717) is 0 Å². The smallest absolute Gasteiger partial charge is 0.0702 e. The molecule has 3 nitrogen and oxygen atoms in total. The van der Waals surface area contributed by atoms with Gasteiger partial charge in [-0.25, -0.2) is 0 Å². The van der Waals surface area contributed by atoms with Crippen molar-refractivity contribution in [1.29, 1.82) is 0 Å². The number of nitrogens with zero attached hydrogens (tertiary/aromatic N) is 1. The summed E-state index contributed by atoms with van der Waals surface area (Å²) in [5.41, 5.74) is 2.86. The van der Waals surface area contributed by atoms with Crippen molar-refractivity contribution >= 4 is 10.9 Å². The molecule has 1 heterocycles. The average Bonchev–Trinajstić information content (AvgIpc) is 2.76. The summed E-state index contributed by atoms with van der Waals surface area (Å²) in [7, 11) is 1.70. The Morgan fingerprint density at radius 2 is 2.28 bits per heavy atom. The number of aliphatic hydroxyl groups is 1. The third-order valence-electron chi connectivity index (χ3n) is 3.05. The quantitative estimate of drug-likeness (QED) is 0.645. The maximum absolute atomic E-state index is 9.39. The molecule has 94 valence electrons. The first-order valence-corrected chi connectivity index (χ1v) is 5.98. The van der Waals surface area contributed by atoms with Crippen molar-refractivity contribution in [3.8, 4) is 12.3 Å². The molecular weight excluding hydrogens is 226 g/mol. The first kappa shape index (κ1) is 12.7. The number of aryl methyl sites for hydroxylation is 1. The summed E-state index contributed by atoms with van der Waals surface area (Å²) in [5, 5.41) is 10.4. The molecule has 2 aromatic rings. The fraction of sp³-hybridized carbons (Fsp3) is 0.333. The number of terminal acetylenes is 1. The third kappa shape index (κ3) is 2.40. The van der Waals surface area contributed by atoms with Crippen LogP contribution < -0.4 is 0 Å². The SMILES string of the molecule is C#Cc1ccc2c(c1)c(CO)cn2CCCOC.